The van der Waals surface area contributed by atoms with Crippen molar-refractivity contribution < 1.29 is 33.2 Å². The molecule has 2 atom stereocenters. The van der Waals surface area contributed by atoms with Gasteiger partial charge >= 0.3 is 0 Å². The second-order valence-corrected chi connectivity index (χ2v) is 18.7. The number of carbonyl (C=O) groups excluding carboxylic acids is 1. The number of rotatable bonds is 2. The number of hydrogen-bond acceptors (Lipinski definition) is 8. The summed E-state index contributed by atoms with van der Waals surface area (Å²) < 4.78 is 35.5. The minimum atomic E-state index is -0.467. The standard InChI is InChI=1S/C12H21NO2.C12H20O3.C12H22O2/c2*1-10(2)8-14-12(15-9-10)5-4-11(3,6-12)7-13;1-10(2)5-6-12(7-10)13-8-11(3,4)9-14-12/h7,13H,4-6,8-9H2,1-3H3;7H,4-6,8-9H2,1-3H3;5-9H2,1-4H3. The molecule has 6 rings (SSSR count). The monoisotopic (exact) mass is 621 g/mol. The van der Waals surface area contributed by atoms with E-state index in [1.165, 1.54) is 6.42 Å². The van der Waals surface area contributed by atoms with Gasteiger partial charge in [0.15, 0.2) is 17.4 Å². The van der Waals surface area contributed by atoms with E-state index in [1.807, 2.05) is 6.92 Å². The van der Waals surface area contributed by atoms with Crippen molar-refractivity contribution in [2.45, 2.75) is 144 Å². The Morgan fingerprint density at radius 1 is 0.432 bits per heavy atom. The summed E-state index contributed by atoms with van der Waals surface area (Å²) in [6.45, 7) is 26.3. The van der Waals surface area contributed by atoms with Gasteiger partial charge in [-0.15, -0.1) is 0 Å². The lowest BCUT2D eigenvalue weighted by Gasteiger charge is -2.42. The lowest BCUT2D eigenvalue weighted by atomic mass is 9.89. The first-order valence-corrected chi connectivity index (χ1v) is 16.9. The van der Waals surface area contributed by atoms with Crippen LogP contribution < -0.4 is 0 Å². The van der Waals surface area contributed by atoms with Crippen LogP contribution in [0.3, 0.4) is 0 Å². The largest absolute Gasteiger partial charge is 0.349 e. The average molecular weight is 622 g/mol. The molecular formula is C36H63NO7. The fourth-order valence-corrected chi connectivity index (χ4v) is 7.15. The van der Waals surface area contributed by atoms with Crippen molar-refractivity contribution in [1.82, 2.24) is 0 Å². The Labute approximate surface area is 267 Å². The zero-order valence-electron chi connectivity index (χ0n) is 29.6. The second kappa shape index (κ2) is 12.3. The van der Waals surface area contributed by atoms with Crippen LogP contribution in [0.25, 0.3) is 0 Å². The number of nitrogens with one attached hydrogen (secondary N) is 1. The van der Waals surface area contributed by atoms with Crippen LogP contribution in [0.2, 0.25) is 0 Å². The fourth-order valence-electron chi connectivity index (χ4n) is 7.15. The van der Waals surface area contributed by atoms with Crippen LogP contribution in [0.5, 0.6) is 0 Å². The van der Waals surface area contributed by atoms with Crippen LogP contribution in [-0.4, -0.2) is 69.5 Å². The van der Waals surface area contributed by atoms with Crippen molar-refractivity contribution in [3.05, 3.63) is 0 Å². The van der Waals surface area contributed by atoms with E-state index in [9.17, 15) is 4.79 Å². The molecule has 3 heterocycles. The molecule has 0 aromatic carbocycles. The van der Waals surface area contributed by atoms with E-state index in [2.05, 4.69) is 62.3 Å². The molecule has 3 aliphatic carbocycles. The fraction of sp³-hybridized carbons (Fsp3) is 0.944. The van der Waals surface area contributed by atoms with E-state index in [0.717, 1.165) is 90.9 Å². The molecular weight excluding hydrogens is 558 g/mol. The van der Waals surface area contributed by atoms with E-state index in [1.54, 1.807) is 6.21 Å². The highest BCUT2D eigenvalue weighted by atomic mass is 16.7. The number of carbonyl (C=O) groups is 1. The Bertz CT molecular complexity index is 950. The minimum Gasteiger partial charge on any atom is -0.349 e. The normalized spacial score (nSPS) is 36.6. The predicted octanol–water partition coefficient (Wildman–Crippen LogP) is 7.71. The zero-order chi connectivity index (χ0) is 32.8. The molecule has 3 saturated carbocycles. The third-order valence-corrected chi connectivity index (χ3v) is 10.4. The van der Waals surface area contributed by atoms with Crippen LogP contribution in [0.1, 0.15) is 127 Å². The number of ether oxygens (including phenoxy) is 6. The summed E-state index contributed by atoms with van der Waals surface area (Å²) in [6, 6.07) is 0. The lowest BCUT2D eigenvalue weighted by Crippen LogP contribution is -2.46. The van der Waals surface area contributed by atoms with Gasteiger partial charge in [0.05, 0.1) is 39.6 Å². The molecule has 0 aromatic heterocycles. The highest BCUT2D eigenvalue weighted by Crippen LogP contribution is 2.50. The summed E-state index contributed by atoms with van der Waals surface area (Å²) in [5, 5.41) is 7.44. The molecule has 8 heteroatoms. The van der Waals surface area contributed by atoms with Gasteiger partial charge in [-0.3, -0.25) is 0 Å². The van der Waals surface area contributed by atoms with E-state index >= 15 is 0 Å². The third kappa shape index (κ3) is 8.92. The van der Waals surface area contributed by atoms with Crippen molar-refractivity contribution in [2.24, 2.45) is 32.5 Å². The summed E-state index contributed by atoms with van der Waals surface area (Å²) in [6.07, 6.45) is 11.1. The molecule has 8 nitrogen and oxygen atoms in total. The van der Waals surface area contributed by atoms with E-state index in [0.29, 0.717) is 11.8 Å². The average Bonchev–Trinajstić information content (AvgIpc) is 3.58. The van der Waals surface area contributed by atoms with E-state index < -0.39 is 5.79 Å². The third-order valence-electron chi connectivity index (χ3n) is 10.4. The Morgan fingerprint density at radius 2 is 0.750 bits per heavy atom. The van der Waals surface area contributed by atoms with Gasteiger partial charge in [-0.1, -0.05) is 69.2 Å². The summed E-state index contributed by atoms with van der Waals surface area (Å²) >= 11 is 0. The molecule has 1 N–H and O–H groups in total. The summed E-state index contributed by atoms with van der Waals surface area (Å²) in [4.78, 5) is 11.0. The summed E-state index contributed by atoms with van der Waals surface area (Å²) in [5.74, 6) is -1.09. The molecule has 44 heavy (non-hydrogen) atoms. The Morgan fingerprint density at radius 3 is 1.02 bits per heavy atom. The van der Waals surface area contributed by atoms with Crippen molar-refractivity contribution >= 4 is 12.5 Å². The SMILES string of the molecule is CC1(C)COC2(CCC(C)(C)C2)OC1.CC1(C)COC2(CCC(C)(C=N)C2)OC1.CC1(C)COC2(CCC(C)(C=O)C2)OC1. The zero-order valence-corrected chi connectivity index (χ0v) is 29.6. The highest BCUT2D eigenvalue weighted by molar-refractivity contribution is 5.62. The molecule has 6 aliphatic rings. The van der Waals surface area contributed by atoms with Crippen LogP contribution in [-0.2, 0) is 33.2 Å². The smallest absolute Gasteiger partial charge is 0.169 e. The maximum absolute atomic E-state index is 11.0. The first-order valence-electron chi connectivity index (χ1n) is 16.9. The molecule has 2 unspecified atom stereocenters. The first kappa shape index (κ1) is 35.9. The van der Waals surface area contributed by atoms with Gasteiger partial charge in [0.25, 0.3) is 0 Å². The molecule has 0 bridgehead atoms. The van der Waals surface area contributed by atoms with Crippen molar-refractivity contribution in [3.8, 4) is 0 Å². The molecule has 3 saturated heterocycles. The van der Waals surface area contributed by atoms with Gasteiger partial charge in [0.1, 0.15) is 6.29 Å². The minimum absolute atomic E-state index is 0.0263. The van der Waals surface area contributed by atoms with Crippen LogP contribution in [0, 0.1) is 37.9 Å². The molecule has 254 valence electrons. The molecule has 3 aliphatic heterocycles. The molecule has 0 aromatic rings. The molecule has 0 amide bonds. The van der Waals surface area contributed by atoms with Crippen molar-refractivity contribution in [1.29, 1.82) is 5.41 Å². The Balaban J connectivity index is 0.000000151. The van der Waals surface area contributed by atoms with Crippen molar-refractivity contribution in [3.63, 3.8) is 0 Å². The van der Waals surface area contributed by atoms with Crippen molar-refractivity contribution in [2.75, 3.05) is 39.6 Å². The highest BCUT2D eigenvalue weighted by Gasteiger charge is 2.52. The quantitative estimate of drug-likeness (QED) is 0.249. The van der Waals surface area contributed by atoms with Gasteiger partial charge in [-0.2, -0.15) is 0 Å². The Kier molecular flexibility index (Phi) is 10.0. The Hall–Kier alpha value is -0.900. The maximum atomic E-state index is 11.0. The molecule has 3 spiro atoms. The van der Waals surface area contributed by atoms with Gasteiger partial charge in [0, 0.05) is 71.8 Å². The number of hydrogen-bond donors (Lipinski definition) is 1. The van der Waals surface area contributed by atoms with Crippen LogP contribution in [0.4, 0.5) is 0 Å². The molecule has 6 fully saturated rings. The lowest BCUT2D eigenvalue weighted by molar-refractivity contribution is -0.297. The molecule has 0 radical (unpaired) electrons. The summed E-state index contributed by atoms with van der Waals surface area (Å²) in [5.41, 5.74) is 0.544. The number of aldehydes is 1. The van der Waals surface area contributed by atoms with Crippen LogP contribution in [0.15, 0.2) is 0 Å². The van der Waals surface area contributed by atoms with Gasteiger partial charge < -0.3 is 38.6 Å². The van der Waals surface area contributed by atoms with E-state index in [-0.39, 0.29) is 38.6 Å². The van der Waals surface area contributed by atoms with Gasteiger partial charge in [-0.25, -0.2) is 0 Å². The van der Waals surface area contributed by atoms with Gasteiger partial charge in [-0.05, 0) is 24.7 Å². The first-order chi connectivity index (χ1) is 20.1. The summed E-state index contributed by atoms with van der Waals surface area (Å²) in [7, 11) is 0. The van der Waals surface area contributed by atoms with Crippen LogP contribution >= 0.6 is 0 Å². The van der Waals surface area contributed by atoms with E-state index in [4.69, 9.17) is 33.8 Å². The second-order valence-electron chi connectivity index (χ2n) is 18.7. The maximum Gasteiger partial charge on any atom is 0.169 e. The predicted molar refractivity (Wildman–Crippen MR) is 172 cm³/mol. The van der Waals surface area contributed by atoms with Gasteiger partial charge in [0.2, 0.25) is 0 Å². The topological polar surface area (TPSA) is 96.3 Å².